The fraction of sp³-hybridized carbons (Fsp3) is 0.346. The Hall–Kier alpha value is -3.32. The lowest BCUT2D eigenvalue weighted by atomic mass is 10.0. The number of morpholine rings is 1. The number of amides is 1. The summed E-state index contributed by atoms with van der Waals surface area (Å²) in [7, 11) is 3.73. The second-order valence-corrected chi connectivity index (χ2v) is 8.67. The number of anilines is 1. The van der Waals surface area contributed by atoms with Gasteiger partial charge in [0.2, 0.25) is 11.9 Å². The summed E-state index contributed by atoms with van der Waals surface area (Å²) in [5.74, 6) is 0.262. The second-order valence-electron chi connectivity index (χ2n) is 8.67. The Kier molecular flexibility index (Phi) is 6.70. The topological polar surface area (TPSA) is 58.6 Å². The van der Waals surface area contributed by atoms with Gasteiger partial charge in [-0.15, -0.1) is 0 Å². The van der Waals surface area contributed by atoms with Crippen molar-refractivity contribution in [3.63, 3.8) is 0 Å². The van der Waals surface area contributed by atoms with E-state index in [1.165, 1.54) is 23.3 Å². The maximum absolute atomic E-state index is 13.9. The summed E-state index contributed by atoms with van der Waals surface area (Å²) in [6.07, 6.45) is 1.62. The van der Waals surface area contributed by atoms with Crippen LogP contribution in [-0.4, -0.2) is 54.6 Å². The number of hydrogen-bond acceptors (Lipinski definition) is 5. The third-order valence-electron chi connectivity index (χ3n) is 5.99. The fourth-order valence-electron chi connectivity index (χ4n) is 3.97. The van der Waals surface area contributed by atoms with E-state index in [2.05, 4.69) is 31.0 Å². The quantitative estimate of drug-likeness (QED) is 0.588. The number of halogens is 1. The average Bonchev–Trinajstić information content (AvgIpc) is 2.81. The third-order valence-corrected chi connectivity index (χ3v) is 5.99. The van der Waals surface area contributed by atoms with Crippen molar-refractivity contribution in [2.45, 2.75) is 26.4 Å². The molecule has 1 aliphatic rings. The first-order valence-electron chi connectivity index (χ1n) is 11.1. The summed E-state index contributed by atoms with van der Waals surface area (Å²) in [4.78, 5) is 25.9. The number of aryl methyl sites for hydroxylation is 2. The van der Waals surface area contributed by atoms with Crippen LogP contribution >= 0.6 is 0 Å². The van der Waals surface area contributed by atoms with E-state index in [1.54, 1.807) is 12.3 Å². The molecule has 7 heteroatoms. The molecule has 1 aliphatic heterocycles. The highest BCUT2D eigenvalue weighted by atomic mass is 19.1. The van der Waals surface area contributed by atoms with Crippen LogP contribution in [-0.2, 0) is 16.0 Å². The number of carbonyl (C=O) groups is 1. The Morgan fingerprint density at radius 2 is 2.00 bits per heavy atom. The number of aromatic nitrogens is 2. The first-order valence-corrected chi connectivity index (χ1v) is 11.1. The van der Waals surface area contributed by atoms with Crippen LogP contribution < -0.4 is 4.90 Å². The van der Waals surface area contributed by atoms with Crippen molar-refractivity contribution >= 4 is 11.9 Å². The van der Waals surface area contributed by atoms with Crippen molar-refractivity contribution in [1.29, 1.82) is 0 Å². The largest absolute Gasteiger partial charge is 0.368 e. The Labute approximate surface area is 194 Å². The zero-order valence-corrected chi connectivity index (χ0v) is 19.5. The van der Waals surface area contributed by atoms with Crippen LogP contribution in [0.4, 0.5) is 10.3 Å². The summed E-state index contributed by atoms with van der Waals surface area (Å²) >= 11 is 0. The molecule has 1 aromatic heterocycles. The van der Waals surface area contributed by atoms with E-state index in [0.29, 0.717) is 48.9 Å². The average molecular weight is 449 g/mol. The van der Waals surface area contributed by atoms with Crippen LogP contribution in [0.5, 0.6) is 0 Å². The van der Waals surface area contributed by atoms with E-state index >= 15 is 0 Å². The highest BCUT2D eigenvalue weighted by Gasteiger charge is 2.29. The van der Waals surface area contributed by atoms with E-state index < -0.39 is 6.10 Å². The monoisotopic (exact) mass is 448 g/mol. The van der Waals surface area contributed by atoms with Gasteiger partial charge in [0.1, 0.15) is 11.9 Å². The van der Waals surface area contributed by atoms with Crippen LogP contribution in [0.1, 0.15) is 28.5 Å². The Bertz CT molecular complexity index is 1160. The molecule has 0 N–H and O–H groups in total. The van der Waals surface area contributed by atoms with Crippen LogP contribution in [0.2, 0.25) is 0 Å². The Morgan fingerprint density at radius 3 is 2.73 bits per heavy atom. The highest BCUT2D eigenvalue weighted by molar-refractivity contribution is 5.79. The molecule has 172 valence electrons. The second kappa shape index (κ2) is 9.67. The smallest absolute Gasteiger partial charge is 0.227 e. The van der Waals surface area contributed by atoms with Crippen molar-refractivity contribution in [1.82, 2.24) is 14.9 Å². The number of carbonyl (C=O) groups excluding carboxylic acids is 1. The molecule has 1 saturated heterocycles. The summed E-state index contributed by atoms with van der Waals surface area (Å²) in [6, 6.07) is 12.5. The minimum Gasteiger partial charge on any atom is -0.368 e. The third kappa shape index (κ3) is 5.20. The minimum absolute atomic E-state index is 0.0562. The zero-order valence-electron chi connectivity index (χ0n) is 19.5. The molecule has 0 unspecified atom stereocenters. The summed E-state index contributed by atoms with van der Waals surface area (Å²) in [6.45, 7) is 5.44. The van der Waals surface area contributed by atoms with Crippen LogP contribution in [0.25, 0.3) is 11.1 Å². The van der Waals surface area contributed by atoms with Gasteiger partial charge in [-0.25, -0.2) is 14.4 Å². The number of rotatable bonds is 5. The minimum atomic E-state index is -0.428. The normalized spacial score (nSPS) is 16.0. The maximum Gasteiger partial charge on any atom is 0.227 e. The van der Waals surface area contributed by atoms with Gasteiger partial charge in [0.15, 0.2) is 0 Å². The number of nitrogens with zero attached hydrogens (tertiary/aromatic N) is 4. The van der Waals surface area contributed by atoms with Gasteiger partial charge in [-0.05, 0) is 48.2 Å². The van der Waals surface area contributed by atoms with Gasteiger partial charge in [-0.1, -0.05) is 30.3 Å². The molecule has 6 nitrogen and oxygen atoms in total. The first kappa shape index (κ1) is 22.9. The van der Waals surface area contributed by atoms with Gasteiger partial charge in [-0.2, -0.15) is 0 Å². The van der Waals surface area contributed by atoms with Crippen molar-refractivity contribution in [3.8, 4) is 11.1 Å². The van der Waals surface area contributed by atoms with Gasteiger partial charge < -0.3 is 14.5 Å². The highest BCUT2D eigenvalue weighted by Crippen LogP contribution is 2.32. The van der Waals surface area contributed by atoms with Gasteiger partial charge in [0.05, 0.1) is 25.3 Å². The Balaban J connectivity index is 1.60. The molecule has 1 amide bonds. The van der Waals surface area contributed by atoms with Crippen LogP contribution in [0, 0.1) is 19.7 Å². The van der Waals surface area contributed by atoms with E-state index in [1.807, 2.05) is 36.0 Å². The predicted octanol–water partition coefficient (Wildman–Crippen LogP) is 4.11. The lowest BCUT2D eigenvalue weighted by Crippen LogP contribution is -2.43. The molecular formula is C26H29FN4O2. The molecule has 0 radical (unpaired) electrons. The van der Waals surface area contributed by atoms with Crippen LogP contribution in [0.3, 0.4) is 0 Å². The molecule has 1 atom stereocenters. The lowest BCUT2D eigenvalue weighted by Gasteiger charge is -2.33. The van der Waals surface area contributed by atoms with E-state index in [-0.39, 0.29) is 11.7 Å². The van der Waals surface area contributed by atoms with Gasteiger partial charge in [-0.3, -0.25) is 4.79 Å². The van der Waals surface area contributed by atoms with Crippen LogP contribution in [0.15, 0.2) is 48.7 Å². The predicted molar refractivity (Wildman–Crippen MR) is 127 cm³/mol. The molecule has 0 spiro atoms. The fourth-order valence-corrected chi connectivity index (χ4v) is 3.97. The van der Waals surface area contributed by atoms with E-state index in [0.717, 1.165) is 5.56 Å². The molecule has 3 aromatic rings. The van der Waals surface area contributed by atoms with Crippen molar-refractivity contribution in [3.05, 3.63) is 76.9 Å². The molecule has 1 fully saturated rings. The molecule has 2 heterocycles. The molecule has 0 bridgehead atoms. The van der Waals surface area contributed by atoms with Crippen molar-refractivity contribution in [2.75, 3.05) is 38.7 Å². The van der Waals surface area contributed by atoms with Crippen molar-refractivity contribution < 1.29 is 13.9 Å². The first-order chi connectivity index (χ1) is 15.8. The molecule has 33 heavy (non-hydrogen) atoms. The van der Waals surface area contributed by atoms with Gasteiger partial charge in [0.25, 0.3) is 0 Å². The van der Waals surface area contributed by atoms with Gasteiger partial charge in [0, 0.05) is 32.4 Å². The molecule has 4 rings (SSSR count). The number of hydrogen-bond donors (Lipinski definition) is 0. The molecule has 0 saturated carbocycles. The summed E-state index contributed by atoms with van der Waals surface area (Å²) < 4.78 is 20.0. The number of ether oxygens (including phenoxy) is 1. The maximum atomic E-state index is 13.9. The van der Waals surface area contributed by atoms with Gasteiger partial charge >= 0.3 is 0 Å². The summed E-state index contributed by atoms with van der Waals surface area (Å²) in [5.41, 5.74) is 5.43. The number of benzene rings is 2. The molecule has 2 aromatic carbocycles. The van der Waals surface area contributed by atoms with Crippen molar-refractivity contribution in [2.24, 2.45) is 0 Å². The summed E-state index contributed by atoms with van der Waals surface area (Å²) in [5, 5.41) is 0. The van der Waals surface area contributed by atoms with E-state index in [9.17, 15) is 9.18 Å². The standard InChI is InChI=1S/C26H29FN4O2/c1-17-8-9-19(12-18(17)2)13-24(32)31-10-11-33-23(16-31)25-22(15-28-26(29-25)30(3)4)20-6-5-7-21(27)14-20/h5-9,12,14-15,23H,10-11,13,16H2,1-4H3/t23-/m1/s1. The molecular weight excluding hydrogens is 419 g/mol. The zero-order chi connectivity index (χ0) is 23.5. The van der Waals surface area contributed by atoms with E-state index in [4.69, 9.17) is 9.72 Å². The Morgan fingerprint density at radius 1 is 1.18 bits per heavy atom. The lowest BCUT2D eigenvalue weighted by molar-refractivity contribution is -0.138. The molecule has 0 aliphatic carbocycles. The SMILES string of the molecule is Cc1ccc(CC(=O)N2CCO[C@@H](c3nc(N(C)C)ncc3-c3cccc(F)c3)C2)cc1C.